The molecule has 20 heavy (non-hydrogen) atoms. The SMILES string of the molecule is CNC(=O)c1nn(C(C)(C)C)c2c1[C@@H](C)[C@@H](C)C2(F)F. The standard InChI is InChI=1S/C14H21F2N3O/c1-7-8(2)14(15,16)11-9(7)10(12(20)17-6)18-19(11)13(3,4)5/h7-8H,1-6H3,(H,17,20)/t7-,8+/m0/s1. The number of carbonyl (C=O) groups excluding carboxylic acids is 1. The summed E-state index contributed by atoms with van der Waals surface area (Å²) in [6.45, 7) is 8.66. The number of alkyl halides is 2. The van der Waals surface area contributed by atoms with Gasteiger partial charge in [0.1, 0.15) is 5.69 Å². The van der Waals surface area contributed by atoms with Crippen molar-refractivity contribution in [1.82, 2.24) is 15.1 Å². The molecular formula is C14H21F2N3O. The summed E-state index contributed by atoms with van der Waals surface area (Å²) in [6.07, 6.45) is 0. The van der Waals surface area contributed by atoms with Crippen LogP contribution in [0.3, 0.4) is 0 Å². The Labute approximate surface area is 117 Å². The fourth-order valence-electron chi connectivity index (χ4n) is 2.73. The van der Waals surface area contributed by atoms with Crippen molar-refractivity contribution in [2.24, 2.45) is 5.92 Å². The summed E-state index contributed by atoms with van der Waals surface area (Å²) >= 11 is 0. The van der Waals surface area contributed by atoms with Crippen molar-refractivity contribution >= 4 is 5.91 Å². The van der Waals surface area contributed by atoms with Crippen LogP contribution < -0.4 is 5.32 Å². The molecule has 0 radical (unpaired) electrons. The molecule has 1 aliphatic rings. The van der Waals surface area contributed by atoms with Gasteiger partial charge in [-0.25, -0.2) is 0 Å². The number of nitrogens with one attached hydrogen (secondary N) is 1. The molecule has 1 aromatic rings. The van der Waals surface area contributed by atoms with E-state index in [4.69, 9.17) is 0 Å². The number of hydrogen-bond acceptors (Lipinski definition) is 2. The van der Waals surface area contributed by atoms with Crippen LogP contribution in [0.25, 0.3) is 0 Å². The highest BCUT2D eigenvalue weighted by atomic mass is 19.3. The van der Waals surface area contributed by atoms with Crippen molar-refractivity contribution in [3.05, 3.63) is 17.0 Å². The van der Waals surface area contributed by atoms with E-state index in [1.165, 1.54) is 18.7 Å². The van der Waals surface area contributed by atoms with Gasteiger partial charge < -0.3 is 5.32 Å². The lowest BCUT2D eigenvalue weighted by Crippen LogP contribution is -2.32. The van der Waals surface area contributed by atoms with Gasteiger partial charge in [0.15, 0.2) is 5.69 Å². The highest BCUT2D eigenvalue weighted by Gasteiger charge is 2.55. The average Bonchev–Trinajstić information content (AvgIpc) is 2.82. The highest BCUT2D eigenvalue weighted by molar-refractivity contribution is 5.94. The van der Waals surface area contributed by atoms with Crippen LogP contribution >= 0.6 is 0 Å². The zero-order valence-electron chi connectivity index (χ0n) is 12.7. The van der Waals surface area contributed by atoms with Gasteiger partial charge in [-0.1, -0.05) is 13.8 Å². The van der Waals surface area contributed by atoms with Gasteiger partial charge in [0, 0.05) is 18.5 Å². The molecule has 1 aliphatic carbocycles. The van der Waals surface area contributed by atoms with Gasteiger partial charge in [-0.15, -0.1) is 0 Å². The predicted octanol–water partition coefficient (Wildman–Crippen LogP) is 2.84. The summed E-state index contributed by atoms with van der Waals surface area (Å²) in [5.41, 5.74) is -0.210. The molecule has 1 heterocycles. The first-order chi connectivity index (χ1) is 9.03. The average molecular weight is 285 g/mol. The van der Waals surface area contributed by atoms with E-state index in [1.807, 2.05) is 0 Å². The second kappa shape index (κ2) is 4.27. The van der Waals surface area contributed by atoms with Crippen molar-refractivity contribution in [1.29, 1.82) is 0 Å². The molecule has 1 aromatic heterocycles. The number of hydrogen-bond donors (Lipinski definition) is 1. The fourth-order valence-corrected chi connectivity index (χ4v) is 2.73. The number of carbonyl (C=O) groups is 1. The van der Waals surface area contributed by atoms with Crippen LogP contribution in [-0.2, 0) is 11.5 Å². The van der Waals surface area contributed by atoms with Gasteiger partial charge in [-0.05, 0) is 26.7 Å². The molecule has 0 fully saturated rings. The summed E-state index contributed by atoms with van der Waals surface area (Å²) in [7, 11) is 1.48. The van der Waals surface area contributed by atoms with Crippen molar-refractivity contribution in [3.63, 3.8) is 0 Å². The van der Waals surface area contributed by atoms with Crippen molar-refractivity contribution in [3.8, 4) is 0 Å². The highest BCUT2D eigenvalue weighted by Crippen LogP contribution is 2.54. The van der Waals surface area contributed by atoms with Crippen LogP contribution in [0.5, 0.6) is 0 Å². The van der Waals surface area contributed by atoms with Gasteiger partial charge in [0.05, 0.1) is 5.54 Å². The molecule has 0 saturated heterocycles. The largest absolute Gasteiger partial charge is 0.354 e. The molecule has 0 aliphatic heterocycles. The van der Waals surface area contributed by atoms with Gasteiger partial charge in [-0.2, -0.15) is 13.9 Å². The smallest absolute Gasteiger partial charge is 0.292 e. The third-order valence-electron chi connectivity index (χ3n) is 4.09. The molecule has 0 unspecified atom stereocenters. The quantitative estimate of drug-likeness (QED) is 0.862. The van der Waals surface area contributed by atoms with Gasteiger partial charge >= 0.3 is 0 Å². The zero-order valence-corrected chi connectivity index (χ0v) is 12.7. The van der Waals surface area contributed by atoms with Crippen LogP contribution in [0.2, 0.25) is 0 Å². The van der Waals surface area contributed by atoms with Crippen LogP contribution in [0.15, 0.2) is 0 Å². The first-order valence-electron chi connectivity index (χ1n) is 6.77. The van der Waals surface area contributed by atoms with Crippen molar-refractivity contribution in [2.45, 2.75) is 52.0 Å². The minimum absolute atomic E-state index is 0.108. The van der Waals surface area contributed by atoms with E-state index in [-0.39, 0.29) is 11.4 Å². The Balaban J connectivity index is 2.78. The maximum Gasteiger partial charge on any atom is 0.292 e. The van der Waals surface area contributed by atoms with Crippen LogP contribution in [0, 0.1) is 5.92 Å². The lowest BCUT2D eigenvalue weighted by Gasteiger charge is -2.26. The van der Waals surface area contributed by atoms with Crippen LogP contribution in [-0.4, -0.2) is 22.7 Å². The second-order valence-electron chi connectivity index (χ2n) is 6.47. The molecule has 112 valence electrons. The summed E-state index contributed by atoms with van der Waals surface area (Å²) in [4.78, 5) is 11.9. The molecule has 2 atom stereocenters. The van der Waals surface area contributed by atoms with E-state index < -0.39 is 29.2 Å². The number of halogens is 2. The first kappa shape index (κ1) is 14.9. The Kier molecular flexibility index (Phi) is 3.19. The molecule has 1 N–H and O–H groups in total. The Morgan fingerprint density at radius 3 is 2.35 bits per heavy atom. The molecule has 0 bridgehead atoms. The molecule has 4 nitrogen and oxygen atoms in total. The number of aromatic nitrogens is 2. The Morgan fingerprint density at radius 1 is 1.35 bits per heavy atom. The maximum atomic E-state index is 14.6. The normalized spacial score (nSPS) is 24.6. The van der Waals surface area contributed by atoms with Gasteiger partial charge in [0.2, 0.25) is 0 Å². The molecule has 2 rings (SSSR count). The molecule has 1 amide bonds. The number of rotatable bonds is 1. The number of nitrogens with zero attached hydrogens (tertiary/aromatic N) is 2. The monoisotopic (exact) mass is 285 g/mol. The molecule has 0 spiro atoms. The van der Waals surface area contributed by atoms with E-state index in [2.05, 4.69) is 10.4 Å². The van der Waals surface area contributed by atoms with E-state index in [0.29, 0.717) is 5.56 Å². The molecule has 0 saturated carbocycles. The summed E-state index contributed by atoms with van der Waals surface area (Å²) in [6, 6.07) is 0. The Bertz CT molecular complexity index is 558. The van der Waals surface area contributed by atoms with E-state index >= 15 is 0 Å². The van der Waals surface area contributed by atoms with Crippen molar-refractivity contribution < 1.29 is 13.6 Å². The first-order valence-corrected chi connectivity index (χ1v) is 6.77. The minimum atomic E-state index is -2.97. The predicted molar refractivity (Wildman–Crippen MR) is 72.1 cm³/mol. The third-order valence-corrected chi connectivity index (χ3v) is 4.09. The Morgan fingerprint density at radius 2 is 1.90 bits per heavy atom. The number of amides is 1. The summed E-state index contributed by atoms with van der Waals surface area (Å²) in [5, 5.41) is 6.66. The lowest BCUT2D eigenvalue weighted by molar-refractivity contribution is -0.0614. The van der Waals surface area contributed by atoms with E-state index in [9.17, 15) is 13.6 Å². The summed E-state index contributed by atoms with van der Waals surface area (Å²) < 4.78 is 30.4. The molecular weight excluding hydrogens is 264 g/mol. The maximum absolute atomic E-state index is 14.6. The van der Waals surface area contributed by atoms with Crippen molar-refractivity contribution in [2.75, 3.05) is 7.05 Å². The lowest BCUT2D eigenvalue weighted by atomic mass is 9.94. The molecule has 0 aromatic carbocycles. The van der Waals surface area contributed by atoms with Gasteiger partial charge in [0.25, 0.3) is 11.8 Å². The number of fused-ring (bicyclic) bond motifs is 1. The zero-order chi connectivity index (χ0) is 15.5. The fraction of sp³-hybridized carbons (Fsp3) is 0.714. The van der Waals surface area contributed by atoms with Crippen LogP contribution in [0.4, 0.5) is 8.78 Å². The topological polar surface area (TPSA) is 46.9 Å². The minimum Gasteiger partial charge on any atom is -0.354 e. The Hall–Kier alpha value is -1.46. The summed E-state index contributed by atoms with van der Waals surface area (Å²) in [5.74, 6) is -4.63. The van der Waals surface area contributed by atoms with Gasteiger partial charge in [-0.3, -0.25) is 9.48 Å². The molecule has 6 heteroatoms. The second-order valence-corrected chi connectivity index (χ2v) is 6.47. The third kappa shape index (κ3) is 1.84. The van der Waals surface area contributed by atoms with E-state index in [0.717, 1.165) is 0 Å². The van der Waals surface area contributed by atoms with Crippen LogP contribution in [0.1, 0.15) is 62.3 Å². The van der Waals surface area contributed by atoms with E-state index in [1.54, 1.807) is 27.7 Å².